The monoisotopic (exact) mass is 225 g/mol. The van der Waals surface area contributed by atoms with Crippen LogP contribution >= 0.6 is 11.6 Å². The van der Waals surface area contributed by atoms with E-state index in [1.54, 1.807) is 18.2 Å². The van der Waals surface area contributed by atoms with Gasteiger partial charge in [-0.15, -0.1) is 0 Å². The standard InChI is InChI=1S/C9H4ClNO4/c10-7-5-3-1-2-4-6(5)15-9(12)8(7)11(13)14/h1-4H. The van der Waals surface area contributed by atoms with Gasteiger partial charge in [0.15, 0.2) is 0 Å². The van der Waals surface area contributed by atoms with Crippen molar-refractivity contribution in [3.05, 3.63) is 49.8 Å². The molecule has 0 bridgehead atoms. The van der Waals surface area contributed by atoms with Crippen molar-refractivity contribution in [3.8, 4) is 0 Å². The normalized spacial score (nSPS) is 10.5. The topological polar surface area (TPSA) is 73.3 Å². The third kappa shape index (κ3) is 1.46. The molecule has 0 aliphatic carbocycles. The SMILES string of the molecule is O=c1oc2ccccc2c(Cl)c1[N+](=O)[O-]. The van der Waals surface area contributed by atoms with Gasteiger partial charge in [-0.1, -0.05) is 23.7 Å². The summed E-state index contributed by atoms with van der Waals surface area (Å²) in [5.41, 5.74) is -1.53. The Morgan fingerprint density at radius 2 is 2.00 bits per heavy atom. The van der Waals surface area contributed by atoms with E-state index < -0.39 is 16.2 Å². The molecule has 0 saturated heterocycles. The summed E-state index contributed by atoms with van der Waals surface area (Å²) in [5.74, 6) is 0. The fourth-order valence-electron chi connectivity index (χ4n) is 1.26. The Kier molecular flexibility index (Phi) is 2.17. The molecule has 2 rings (SSSR count). The van der Waals surface area contributed by atoms with E-state index in [-0.39, 0.29) is 10.6 Å². The number of nitrogens with zero attached hydrogens (tertiary/aromatic N) is 1. The van der Waals surface area contributed by atoms with Crippen LogP contribution in [0, 0.1) is 10.1 Å². The second kappa shape index (κ2) is 3.36. The maximum atomic E-state index is 11.2. The molecule has 0 spiro atoms. The van der Waals surface area contributed by atoms with Crippen LogP contribution in [0.2, 0.25) is 5.02 Å². The Labute approximate surface area is 88.0 Å². The number of fused-ring (bicyclic) bond motifs is 1. The van der Waals surface area contributed by atoms with Gasteiger partial charge in [-0.2, -0.15) is 0 Å². The van der Waals surface area contributed by atoms with Gasteiger partial charge >= 0.3 is 11.3 Å². The van der Waals surface area contributed by atoms with Gasteiger partial charge in [0.1, 0.15) is 10.6 Å². The van der Waals surface area contributed by atoms with Gasteiger partial charge in [-0.25, -0.2) is 4.79 Å². The summed E-state index contributed by atoms with van der Waals surface area (Å²) in [6.45, 7) is 0. The highest BCUT2D eigenvalue weighted by Crippen LogP contribution is 2.28. The minimum atomic E-state index is -1.04. The lowest BCUT2D eigenvalue weighted by atomic mass is 10.2. The first kappa shape index (κ1) is 9.67. The van der Waals surface area contributed by atoms with Crippen molar-refractivity contribution in [2.75, 3.05) is 0 Å². The number of para-hydroxylation sites is 1. The molecule has 0 amide bonds. The van der Waals surface area contributed by atoms with Gasteiger partial charge in [0.05, 0.1) is 4.92 Å². The van der Waals surface area contributed by atoms with E-state index in [4.69, 9.17) is 16.0 Å². The molecule has 0 radical (unpaired) electrons. The predicted molar refractivity (Wildman–Crippen MR) is 54.1 cm³/mol. The number of hydrogen-bond acceptors (Lipinski definition) is 4. The molecule has 0 atom stereocenters. The molecule has 1 heterocycles. The number of nitro groups is 1. The average molecular weight is 226 g/mol. The van der Waals surface area contributed by atoms with Crippen LogP contribution in [0.15, 0.2) is 33.5 Å². The van der Waals surface area contributed by atoms with E-state index in [2.05, 4.69) is 0 Å². The van der Waals surface area contributed by atoms with Crippen molar-refractivity contribution >= 4 is 28.3 Å². The van der Waals surface area contributed by atoms with E-state index in [1.807, 2.05) is 0 Å². The van der Waals surface area contributed by atoms with E-state index in [9.17, 15) is 14.9 Å². The lowest BCUT2D eigenvalue weighted by molar-refractivity contribution is -0.387. The van der Waals surface area contributed by atoms with Crippen molar-refractivity contribution in [2.45, 2.75) is 0 Å². The number of benzene rings is 1. The van der Waals surface area contributed by atoms with Crippen LogP contribution in [0.4, 0.5) is 5.69 Å². The molecule has 1 aromatic heterocycles. The largest absolute Gasteiger partial charge is 0.418 e. The van der Waals surface area contributed by atoms with Crippen LogP contribution in [0.5, 0.6) is 0 Å². The third-order valence-corrected chi connectivity index (χ3v) is 2.29. The molecular formula is C9H4ClNO4. The minimum Gasteiger partial charge on any atom is -0.418 e. The van der Waals surface area contributed by atoms with Gasteiger partial charge in [0.2, 0.25) is 0 Å². The van der Waals surface area contributed by atoms with Gasteiger partial charge in [0, 0.05) is 5.39 Å². The van der Waals surface area contributed by atoms with Gasteiger partial charge < -0.3 is 4.42 Å². The number of hydrogen-bond donors (Lipinski definition) is 0. The first-order valence-electron chi connectivity index (χ1n) is 3.97. The first-order valence-corrected chi connectivity index (χ1v) is 4.35. The summed E-state index contributed by atoms with van der Waals surface area (Å²) in [6, 6.07) is 6.37. The third-order valence-electron chi connectivity index (χ3n) is 1.91. The molecule has 15 heavy (non-hydrogen) atoms. The van der Waals surface area contributed by atoms with Crippen molar-refractivity contribution in [2.24, 2.45) is 0 Å². The molecule has 0 saturated carbocycles. The lowest BCUT2D eigenvalue weighted by Gasteiger charge is -1.98. The van der Waals surface area contributed by atoms with E-state index >= 15 is 0 Å². The van der Waals surface area contributed by atoms with Crippen molar-refractivity contribution in [1.29, 1.82) is 0 Å². The molecular weight excluding hydrogens is 222 g/mol. The number of halogens is 1. The second-order valence-corrected chi connectivity index (χ2v) is 3.18. The van der Waals surface area contributed by atoms with Crippen LogP contribution in [0.1, 0.15) is 0 Å². The summed E-state index contributed by atoms with van der Waals surface area (Å²) in [6.07, 6.45) is 0. The molecule has 0 aliphatic heterocycles. The molecule has 6 heteroatoms. The van der Waals surface area contributed by atoms with Crippen LogP contribution in [-0.4, -0.2) is 4.92 Å². The van der Waals surface area contributed by atoms with Gasteiger partial charge in [0.25, 0.3) is 0 Å². The van der Waals surface area contributed by atoms with Crippen LogP contribution < -0.4 is 5.63 Å². The van der Waals surface area contributed by atoms with Crippen LogP contribution in [-0.2, 0) is 0 Å². The molecule has 0 N–H and O–H groups in total. The minimum absolute atomic E-state index is 0.188. The maximum Gasteiger partial charge on any atom is 0.416 e. The fraction of sp³-hybridized carbons (Fsp3) is 0. The van der Waals surface area contributed by atoms with Crippen molar-refractivity contribution in [1.82, 2.24) is 0 Å². The van der Waals surface area contributed by atoms with E-state index in [0.29, 0.717) is 5.39 Å². The first-order chi connectivity index (χ1) is 7.11. The zero-order valence-electron chi connectivity index (χ0n) is 7.27. The highest BCUT2D eigenvalue weighted by atomic mass is 35.5. The van der Waals surface area contributed by atoms with E-state index in [0.717, 1.165) is 0 Å². The Morgan fingerprint density at radius 3 is 2.67 bits per heavy atom. The molecule has 5 nitrogen and oxygen atoms in total. The van der Waals surface area contributed by atoms with Gasteiger partial charge in [-0.3, -0.25) is 10.1 Å². The van der Waals surface area contributed by atoms with Crippen LogP contribution in [0.25, 0.3) is 11.0 Å². The average Bonchev–Trinajstić information content (AvgIpc) is 2.17. The fourth-order valence-corrected chi connectivity index (χ4v) is 1.56. The lowest BCUT2D eigenvalue weighted by Crippen LogP contribution is -2.07. The molecule has 0 unspecified atom stereocenters. The maximum absolute atomic E-state index is 11.2. The summed E-state index contributed by atoms with van der Waals surface area (Å²) < 4.78 is 4.75. The Morgan fingerprint density at radius 1 is 1.33 bits per heavy atom. The highest BCUT2D eigenvalue weighted by Gasteiger charge is 2.22. The molecule has 1 aromatic carbocycles. The molecule has 0 aliphatic rings. The Hall–Kier alpha value is -1.88. The van der Waals surface area contributed by atoms with Crippen molar-refractivity contribution in [3.63, 3.8) is 0 Å². The second-order valence-electron chi connectivity index (χ2n) is 2.81. The molecule has 2 aromatic rings. The zero-order valence-corrected chi connectivity index (χ0v) is 8.02. The van der Waals surface area contributed by atoms with Crippen molar-refractivity contribution < 1.29 is 9.34 Å². The zero-order chi connectivity index (χ0) is 11.0. The molecule has 76 valence electrons. The van der Waals surface area contributed by atoms with Gasteiger partial charge in [-0.05, 0) is 12.1 Å². The highest BCUT2D eigenvalue weighted by molar-refractivity contribution is 6.37. The Bertz CT molecular complexity index is 605. The Balaban J connectivity index is 2.97. The predicted octanol–water partition coefficient (Wildman–Crippen LogP) is 2.35. The summed E-state index contributed by atoms with van der Waals surface area (Å²) in [7, 11) is 0. The summed E-state index contributed by atoms with van der Waals surface area (Å²) in [5, 5.41) is 10.7. The molecule has 0 fully saturated rings. The quantitative estimate of drug-likeness (QED) is 0.424. The summed E-state index contributed by atoms with van der Waals surface area (Å²) in [4.78, 5) is 20.9. The number of rotatable bonds is 1. The summed E-state index contributed by atoms with van der Waals surface area (Å²) >= 11 is 5.74. The van der Waals surface area contributed by atoms with Crippen LogP contribution in [0.3, 0.4) is 0 Å². The smallest absolute Gasteiger partial charge is 0.416 e. The van der Waals surface area contributed by atoms with E-state index in [1.165, 1.54) is 6.07 Å².